The van der Waals surface area contributed by atoms with E-state index in [2.05, 4.69) is 36.4 Å². The number of H-pyrrole nitrogens is 1. The normalized spacial score (nSPS) is 12.2. The number of hydrogen-bond donors (Lipinski definition) is 2. The lowest BCUT2D eigenvalue weighted by Crippen LogP contribution is -2.21. The van der Waals surface area contributed by atoms with Crippen LogP contribution in [0.2, 0.25) is 5.02 Å². The van der Waals surface area contributed by atoms with Gasteiger partial charge in [-0.05, 0) is 61.1 Å². The average molecular weight is 453 g/mol. The first-order valence-corrected chi connectivity index (χ1v) is 10.8. The largest absolute Gasteiger partial charge is 0.327 e. The van der Waals surface area contributed by atoms with Gasteiger partial charge in [-0.15, -0.1) is 21.5 Å². The standard InChI is InChI=1S/C22H21ClN6OS/c1-13(30)27-19-10-15(8-9-24-19)18-11-17(21(31-18)22-25-12-26-28-22)20(29(2)3)14-4-6-16(23)7-5-14/h4-12,20H,1-3H3,(H,24,27,30)(H,25,26,28). The van der Waals surface area contributed by atoms with Crippen LogP contribution >= 0.6 is 22.9 Å². The summed E-state index contributed by atoms with van der Waals surface area (Å²) < 4.78 is 0. The first-order chi connectivity index (χ1) is 14.9. The molecule has 0 radical (unpaired) electrons. The number of aromatic amines is 1. The molecule has 3 heterocycles. The van der Waals surface area contributed by atoms with Crippen LogP contribution in [0.15, 0.2) is 55.0 Å². The molecule has 9 heteroatoms. The number of benzene rings is 1. The number of nitrogens with zero attached hydrogens (tertiary/aromatic N) is 4. The van der Waals surface area contributed by atoms with Gasteiger partial charge in [-0.1, -0.05) is 23.7 Å². The average Bonchev–Trinajstić information content (AvgIpc) is 3.39. The first kappa shape index (κ1) is 21.2. The lowest BCUT2D eigenvalue weighted by Gasteiger charge is -2.25. The highest BCUT2D eigenvalue weighted by Gasteiger charge is 2.25. The molecule has 4 rings (SSSR count). The number of carbonyl (C=O) groups is 1. The fraction of sp³-hybridized carbons (Fsp3) is 0.182. The topological polar surface area (TPSA) is 86.8 Å². The number of hydrogen-bond acceptors (Lipinski definition) is 6. The van der Waals surface area contributed by atoms with E-state index in [1.54, 1.807) is 23.9 Å². The molecular formula is C22H21ClN6OS. The molecule has 0 saturated heterocycles. The zero-order valence-electron chi connectivity index (χ0n) is 17.3. The summed E-state index contributed by atoms with van der Waals surface area (Å²) in [7, 11) is 4.09. The molecule has 7 nitrogen and oxygen atoms in total. The van der Waals surface area contributed by atoms with Crippen LogP contribution in [0.4, 0.5) is 5.82 Å². The summed E-state index contributed by atoms with van der Waals surface area (Å²) in [6, 6.07) is 13.8. The summed E-state index contributed by atoms with van der Waals surface area (Å²) in [5.41, 5.74) is 3.18. The van der Waals surface area contributed by atoms with E-state index < -0.39 is 0 Å². The van der Waals surface area contributed by atoms with Crippen molar-refractivity contribution in [1.82, 2.24) is 25.1 Å². The molecule has 0 fully saturated rings. The number of rotatable bonds is 6. The Morgan fingerprint density at radius 3 is 2.61 bits per heavy atom. The molecule has 0 bridgehead atoms. The second-order valence-electron chi connectivity index (χ2n) is 7.26. The van der Waals surface area contributed by atoms with Crippen molar-refractivity contribution >= 4 is 34.7 Å². The third kappa shape index (κ3) is 4.66. The minimum Gasteiger partial charge on any atom is -0.327 e. The number of amides is 1. The summed E-state index contributed by atoms with van der Waals surface area (Å²) in [5.74, 6) is 1.07. The van der Waals surface area contributed by atoms with E-state index in [-0.39, 0.29) is 11.9 Å². The van der Waals surface area contributed by atoms with Crippen LogP contribution in [0.5, 0.6) is 0 Å². The number of nitrogens with one attached hydrogen (secondary N) is 2. The molecule has 1 aromatic carbocycles. The Balaban J connectivity index is 1.85. The fourth-order valence-corrected chi connectivity index (χ4v) is 4.75. The van der Waals surface area contributed by atoms with Crippen molar-refractivity contribution in [2.24, 2.45) is 0 Å². The Morgan fingerprint density at radius 2 is 1.97 bits per heavy atom. The molecule has 3 aromatic heterocycles. The Bertz CT molecular complexity index is 1190. The molecule has 0 saturated carbocycles. The summed E-state index contributed by atoms with van der Waals surface area (Å²) in [6.45, 7) is 1.47. The Morgan fingerprint density at radius 1 is 1.19 bits per heavy atom. The molecule has 4 aromatic rings. The minimum absolute atomic E-state index is 0.0148. The van der Waals surface area contributed by atoms with Crippen molar-refractivity contribution in [2.75, 3.05) is 19.4 Å². The Hall–Kier alpha value is -3.07. The number of thiophene rings is 1. The zero-order chi connectivity index (χ0) is 22.0. The van der Waals surface area contributed by atoms with Gasteiger partial charge >= 0.3 is 0 Å². The second-order valence-corrected chi connectivity index (χ2v) is 8.75. The number of carbonyl (C=O) groups excluding carboxylic acids is 1. The van der Waals surface area contributed by atoms with Crippen molar-refractivity contribution in [2.45, 2.75) is 13.0 Å². The number of pyridine rings is 1. The predicted molar refractivity (Wildman–Crippen MR) is 124 cm³/mol. The number of halogens is 1. The molecule has 1 atom stereocenters. The van der Waals surface area contributed by atoms with E-state index in [4.69, 9.17) is 11.6 Å². The zero-order valence-corrected chi connectivity index (χ0v) is 18.8. The maximum atomic E-state index is 11.4. The van der Waals surface area contributed by atoms with Gasteiger partial charge in [-0.3, -0.25) is 9.69 Å². The van der Waals surface area contributed by atoms with E-state index in [0.29, 0.717) is 16.7 Å². The van der Waals surface area contributed by atoms with Crippen molar-refractivity contribution in [3.8, 4) is 21.1 Å². The Labute approximate surface area is 189 Å². The molecule has 0 aliphatic heterocycles. The van der Waals surface area contributed by atoms with Gasteiger partial charge in [0.15, 0.2) is 5.82 Å². The molecule has 2 N–H and O–H groups in total. The lowest BCUT2D eigenvalue weighted by molar-refractivity contribution is -0.114. The van der Waals surface area contributed by atoms with Gasteiger partial charge in [-0.25, -0.2) is 4.98 Å². The summed E-state index contributed by atoms with van der Waals surface area (Å²) in [4.78, 5) is 23.0. The van der Waals surface area contributed by atoms with Crippen LogP contribution in [-0.4, -0.2) is 45.1 Å². The van der Waals surface area contributed by atoms with Gasteiger partial charge in [0.25, 0.3) is 0 Å². The van der Waals surface area contributed by atoms with Crippen molar-refractivity contribution in [1.29, 1.82) is 0 Å². The lowest BCUT2D eigenvalue weighted by atomic mass is 9.97. The van der Waals surface area contributed by atoms with Gasteiger partial charge in [-0.2, -0.15) is 0 Å². The molecule has 158 valence electrons. The highest BCUT2D eigenvalue weighted by Crippen LogP contribution is 2.43. The van der Waals surface area contributed by atoms with Crippen LogP contribution in [-0.2, 0) is 4.79 Å². The minimum atomic E-state index is -0.158. The predicted octanol–water partition coefficient (Wildman–Crippen LogP) is 4.86. The second kappa shape index (κ2) is 8.97. The van der Waals surface area contributed by atoms with E-state index in [1.165, 1.54) is 6.92 Å². The van der Waals surface area contributed by atoms with Gasteiger partial charge in [0, 0.05) is 23.0 Å². The van der Waals surface area contributed by atoms with Gasteiger partial charge in [0.2, 0.25) is 5.91 Å². The van der Waals surface area contributed by atoms with E-state index in [9.17, 15) is 4.79 Å². The Kier molecular flexibility index (Phi) is 6.13. The van der Waals surface area contributed by atoms with Gasteiger partial charge < -0.3 is 10.3 Å². The van der Waals surface area contributed by atoms with Crippen molar-refractivity contribution < 1.29 is 4.79 Å². The van der Waals surface area contributed by atoms with Gasteiger partial charge in [0.05, 0.1) is 10.9 Å². The van der Waals surface area contributed by atoms with Crippen LogP contribution in [0, 0.1) is 0 Å². The highest BCUT2D eigenvalue weighted by atomic mass is 35.5. The third-order valence-corrected chi connectivity index (χ3v) is 6.20. The molecule has 1 amide bonds. The summed E-state index contributed by atoms with van der Waals surface area (Å²) >= 11 is 7.73. The van der Waals surface area contributed by atoms with Gasteiger partial charge in [0.1, 0.15) is 12.1 Å². The molecule has 0 spiro atoms. The van der Waals surface area contributed by atoms with E-state index in [1.807, 2.05) is 50.5 Å². The van der Waals surface area contributed by atoms with Crippen LogP contribution < -0.4 is 5.32 Å². The van der Waals surface area contributed by atoms with Crippen LogP contribution in [0.1, 0.15) is 24.1 Å². The smallest absolute Gasteiger partial charge is 0.222 e. The summed E-state index contributed by atoms with van der Waals surface area (Å²) in [5, 5.41) is 11.7. The quantitative estimate of drug-likeness (QED) is 0.436. The molecular weight excluding hydrogens is 432 g/mol. The van der Waals surface area contributed by atoms with Crippen LogP contribution in [0.25, 0.3) is 21.1 Å². The van der Waals surface area contributed by atoms with E-state index >= 15 is 0 Å². The molecule has 0 aliphatic carbocycles. The fourth-order valence-electron chi connectivity index (χ4n) is 3.49. The monoisotopic (exact) mass is 452 g/mol. The van der Waals surface area contributed by atoms with E-state index in [0.717, 1.165) is 26.4 Å². The molecule has 0 aliphatic rings. The SMILES string of the molecule is CC(=O)Nc1cc(-c2cc(C(c3ccc(Cl)cc3)N(C)C)c(-c3nnc[nH]3)s2)ccn1. The number of aromatic nitrogens is 4. The maximum absolute atomic E-state index is 11.4. The summed E-state index contributed by atoms with van der Waals surface area (Å²) in [6.07, 6.45) is 3.27. The first-order valence-electron chi connectivity index (χ1n) is 9.58. The maximum Gasteiger partial charge on any atom is 0.222 e. The highest BCUT2D eigenvalue weighted by molar-refractivity contribution is 7.19. The van der Waals surface area contributed by atoms with Crippen molar-refractivity contribution in [3.63, 3.8) is 0 Å². The van der Waals surface area contributed by atoms with Crippen molar-refractivity contribution in [3.05, 3.63) is 71.1 Å². The number of anilines is 1. The molecule has 31 heavy (non-hydrogen) atoms. The third-order valence-electron chi connectivity index (χ3n) is 4.74. The van der Waals surface area contributed by atoms with Crippen LogP contribution in [0.3, 0.4) is 0 Å². The molecule has 1 unspecified atom stereocenters.